The van der Waals surface area contributed by atoms with Crippen molar-refractivity contribution in [3.8, 4) is 0 Å². The third-order valence-corrected chi connectivity index (χ3v) is 4.30. The van der Waals surface area contributed by atoms with Crippen molar-refractivity contribution >= 4 is 0 Å². The van der Waals surface area contributed by atoms with Crippen molar-refractivity contribution in [2.24, 2.45) is 17.8 Å². The molecule has 0 aromatic rings. The second-order valence-electron chi connectivity index (χ2n) is 5.40. The predicted octanol–water partition coefficient (Wildman–Crippen LogP) is 2.39. The van der Waals surface area contributed by atoms with Gasteiger partial charge in [-0.1, -0.05) is 13.3 Å². The van der Waals surface area contributed by atoms with Gasteiger partial charge in [-0.3, -0.25) is 0 Å². The van der Waals surface area contributed by atoms with E-state index in [9.17, 15) is 0 Å². The van der Waals surface area contributed by atoms with E-state index in [-0.39, 0.29) is 0 Å². The Hall–Kier alpha value is -0.0800. The van der Waals surface area contributed by atoms with Crippen molar-refractivity contribution in [3.05, 3.63) is 0 Å². The molecule has 2 fully saturated rings. The van der Waals surface area contributed by atoms with Crippen LogP contribution in [-0.4, -0.2) is 38.3 Å². The monoisotopic (exact) mass is 211 g/mol. The van der Waals surface area contributed by atoms with Crippen LogP contribution in [0.15, 0.2) is 0 Å². The molecular formula is C13H25NO. The lowest BCUT2D eigenvalue weighted by atomic mass is 10.0. The molecule has 2 nitrogen and oxygen atoms in total. The summed E-state index contributed by atoms with van der Waals surface area (Å²) in [7, 11) is 1.82. The van der Waals surface area contributed by atoms with E-state index in [0.717, 1.165) is 24.4 Å². The second kappa shape index (κ2) is 5.31. The van der Waals surface area contributed by atoms with Gasteiger partial charge in [-0.05, 0) is 37.0 Å². The summed E-state index contributed by atoms with van der Waals surface area (Å²) in [6.07, 6.45) is 5.71. The highest BCUT2D eigenvalue weighted by Crippen LogP contribution is 2.37. The Morgan fingerprint density at radius 3 is 2.47 bits per heavy atom. The first-order valence-electron chi connectivity index (χ1n) is 6.54. The fourth-order valence-electron chi connectivity index (χ4n) is 3.38. The Kier molecular flexibility index (Phi) is 4.04. The molecule has 15 heavy (non-hydrogen) atoms. The van der Waals surface area contributed by atoms with Crippen molar-refractivity contribution in [2.45, 2.75) is 32.6 Å². The fourth-order valence-corrected chi connectivity index (χ4v) is 3.38. The number of nitrogens with zero attached hydrogens (tertiary/aromatic N) is 1. The lowest BCUT2D eigenvalue weighted by Crippen LogP contribution is -2.30. The average Bonchev–Trinajstić information content (AvgIpc) is 2.77. The molecule has 2 heteroatoms. The third kappa shape index (κ3) is 2.73. The first-order chi connectivity index (χ1) is 7.33. The van der Waals surface area contributed by atoms with Gasteiger partial charge in [-0.2, -0.15) is 0 Å². The van der Waals surface area contributed by atoms with Crippen LogP contribution < -0.4 is 0 Å². The van der Waals surface area contributed by atoms with Gasteiger partial charge in [0.1, 0.15) is 0 Å². The van der Waals surface area contributed by atoms with Crippen LogP contribution in [0.3, 0.4) is 0 Å². The molecule has 88 valence electrons. The SMILES string of the molecule is CCC(COC)CN1C[C@H]2CCC[C@H]2C1. The van der Waals surface area contributed by atoms with Gasteiger partial charge >= 0.3 is 0 Å². The molecule has 2 rings (SSSR count). The van der Waals surface area contributed by atoms with E-state index in [2.05, 4.69) is 11.8 Å². The molecule has 0 N–H and O–H groups in total. The van der Waals surface area contributed by atoms with Gasteiger partial charge in [0.2, 0.25) is 0 Å². The van der Waals surface area contributed by atoms with Gasteiger partial charge < -0.3 is 9.64 Å². The number of methoxy groups -OCH3 is 1. The topological polar surface area (TPSA) is 12.5 Å². The highest BCUT2D eigenvalue weighted by molar-refractivity contribution is 4.88. The van der Waals surface area contributed by atoms with Crippen LogP contribution in [0.25, 0.3) is 0 Å². The van der Waals surface area contributed by atoms with Crippen LogP contribution in [0.2, 0.25) is 0 Å². The Bertz CT molecular complexity index is 183. The van der Waals surface area contributed by atoms with Crippen LogP contribution in [0, 0.1) is 17.8 Å². The molecule has 0 spiro atoms. The first-order valence-corrected chi connectivity index (χ1v) is 6.54. The lowest BCUT2D eigenvalue weighted by molar-refractivity contribution is 0.124. The normalized spacial score (nSPS) is 33.2. The molecule has 1 saturated carbocycles. The fraction of sp³-hybridized carbons (Fsp3) is 1.00. The van der Waals surface area contributed by atoms with Gasteiger partial charge in [0.25, 0.3) is 0 Å². The molecule has 1 unspecified atom stereocenters. The van der Waals surface area contributed by atoms with E-state index in [0.29, 0.717) is 0 Å². The molecule has 0 bridgehead atoms. The van der Waals surface area contributed by atoms with Crippen LogP contribution in [0.1, 0.15) is 32.6 Å². The smallest absolute Gasteiger partial charge is 0.0502 e. The summed E-state index contributed by atoms with van der Waals surface area (Å²) >= 11 is 0. The molecule has 1 aliphatic heterocycles. The third-order valence-electron chi connectivity index (χ3n) is 4.30. The summed E-state index contributed by atoms with van der Waals surface area (Å²) in [4.78, 5) is 2.68. The molecule has 1 aliphatic carbocycles. The quantitative estimate of drug-likeness (QED) is 0.692. The van der Waals surface area contributed by atoms with Crippen LogP contribution >= 0.6 is 0 Å². The van der Waals surface area contributed by atoms with E-state index in [4.69, 9.17) is 4.74 Å². The molecule has 3 atom stereocenters. The van der Waals surface area contributed by atoms with E-state index in [1.807, 2.05) is 7.11 Å². The minimum absolute atomic E-state index is 0.744. The summed E-state index contributed by atoms with van der Waals surface area (Å²) in [5.41, 5.74) is 0. The average molecular weight is 211 g/mol. The van der Waals surface area contributed by atoms with Crippen LogP contribution in [0.5, 0.6) is 0 Å². The summed E-state index contributed by atoms with van der Waals surface area (Å²) in [6, 6.07) is 0. The standard InChI is InChI=1S/C13H25NO/c1-3-11(10-15-2)7-14-8-12-5-4-6-13(12)9-14/h11-13H,3-10H2,1-2H3/t11?,12-,13+. The number of ether oxygens (including phenoxy) is 1. The summed E-state index contributed by atoms with van der Waals surface area (Å²) < 4.78 is 5.27. The molecule has 1 saturated heterocycles. The van der Waals surface area contributed by atoms with Crippen molar-refractivity contribution in [2.75, 3.05) is 33.4 Å². The van der Waals surface area contributed by atoms with Gasteiger partial charge in [-0.15, -0.1) is 0 Å². The van der Waals surface area contributed by atoms with E-state index in [1.54, 1.807) is 0 Å². The summed E-state index contributed by atoms with van der Waals surface area (Å²) in [5.74, 6) is 2.81. The number of hydrogen-bond acceptors (Lipinski definition) is 2. The molecule has 0 radical (unpaired) electrons. The Morgan fingerprint density at radius 1 is 1.27 bits per heavy atom. The van der Waals surface area contributed by atoms with Gasteiger partial charge in [0.15, 0.2) is 0 Å². The Labute approximate surface area is 94.0 Å². The van der Waals surface area contributed by atoms with Gasteiger partial charge in [0, 0.05) is 26.7 Å². The van der Waals surface area contributed by atoms with Crippen molar-refractivity contribution in [3.63, 3.8) is 0 Å². The molecule has 1 heterocycles. The van der Waals surface area contributed by atoms with E-state index >= 15 is 0 Å². The van der Waals surface area contributed by atoms with E-state index < -0.39 is 0 Å². The maximum Gasteiger partial charge on any atom is 0.0502 e. The molecule has 0 amide bonds. The van der Waals surface area contributed by atoms with Gasteiger partial charge in [0.05, 0.1) is 6.61 Å². The number of likely N-dealkylation sites (tertiary alicyclic amines) is 1. The largest absolute Gasteiger partial charge is 0.384 e. The molecular weight excluding hydrogens is 186 g/mol. The summed E-state index contributed by atoms with van der Waals surface area (Å²) in [6.45, 7) is 7.20. The van der Waals surface area contributed by atoms with E-state index in [1.165, 1.54) is 45.3 Å². The number of hydrogen-bond donors (Lipinski definition) is 0. The van der Waals surface area contributed by atoms with Gasteiger partial charge in [-0.25, -0.2) is 0 Å². The predicted molar refractivity (Wildman–Crippen MR) is 62.9 cm³/mol. The van der Waals surface area contributed by atoms with Crippen LogP contribution in [0.4, 0.5) is 0 Å². The summed E-state index contributed by atoms with van der Waals surface area (Å²) in [5, 5.41) is 0. The Balaban J connectivity index is 1.76. The second-order valence-corrected chi connectivity index (χ2v) is 5.40. The van der Waals surface area contributed by atoms with Crippen molar-refractivity contribution in [1.82, 2.24) is 4.90 Å². The van der Waals surface area contributed by atoms with Crippen molar-refractivity contribution < 1.29 is 4.74 Å². The number of rotatable bonds is 5. The maximum absolute atomic E-state index is 5.27. The minimum Gasteiger partial charge on any atom is -0.384 e. The maximum atomic E-state index is 5.27. The number of fused-ring (bicyclic) bond motifs is 1. The zero-order chi connectivity index (χ0) is 10.7. The zero-order valence-electron chi connectivity index (χ0n) is 10.2. The zero-order valence-corrected chi connectivity index (χ0v) is 10.2. The highest BCUT2D eigenvalue weighted by atomic mass is 16.5. The van der Waals surface area contributed by atoms with Crippen molar-refractivity contribution in [1.29, 1.82) is 0 Å². The Morgan fingerprint density at radius 2 is 1.93 bits per heavy atom. The molecule has 2 aliphatic rings. The molecule has 0 aromatic carbocycles. The highest BCUT2D eigenvalue weighted by Gasteiger charge is 2.36. The molecule has 0 aromatic heterocycles. The first kappa shape index (κ1) is 11.4. The lowest BCUT2D eigenvalue weighted by Gasteiger charge is -2.22. The minimum atomic E-state index is 0.744. The van der Waals surface area contributed by atoms with Crippen LogP contribution in [-0.2, 0) is 4.74 Å².